The zero-order chi connectivity index (χ0) is 13.1. The first-order chi connectivity index (χ1) is 8.58. The normalized spacial score (nSPS) is 10.2. The van der Waals surface area contributed by atoms with Gasteiger partial charge in [0.2, 0.25) is 0 Å². The summed E-state index contributed by atoms with van der Waals surface area (Å²) in [4.78, 5) is 12.1. The second-order valence-corrected chi connectivity index (χ2v) is 4.47. The maximum absolute atomic E-state index is 12.1. The number of hydrogen-bond acceptors (Lipinski definition) is 2. The molecule has 0 heterocycles. The Bertz CT molecular complexity index is 585. The van der Waals surface area contributed by atoms with Gasteiger partial charge in [0, 0.05) is 0 Å². The van der Waals surface area contributed by atoms with Crippen LogP contribution in [-0.2, 0) is 0 Å². The molecular formula is C16H16O2. The molecule has 2 rings (SSSR count). The van der Waals surface area contributed by atoms with Crippen molar-refractivity contribution in [2.75, 3.05) is 0 Å². The molecule has 0 unspecified atom stereocenters. The molecule has 2 aromatic rings. The summed E-state index contributed by atoms with van der Waals surface area (Å²) < 4.78 is 5.45. The summed E-state index contributed by atoms with van der Waals surface area (Å²) in [7, 11) is 0. The van der Waals surface area contributed by atoms with Crippen molar-refractivity contribution in [3.8, 4) is 5.75 Å². The van der Waals surface area contributed by atoms with Crippen LogP contribution in [0.5, 0.6) is 5.75 Å². The highest BCUT2D eigenvalue weighted by molar-refractivity contribution is 5.92. The van der Waals surface area contributed by atoms with Crippen molar-refractivity contribution >= 4 is 5.97 Å². The smallest absolute Gasteiger partial charge is 0.343 e. The first-order valence-electron chi connectivity index (χ1n) is 5.93. The van der Waals surface area contributed by atoms with Gasteiger partial charge in [-0.2, -0.15) is 0 Å². The number of aryl methyl sites for hydroxylation is 3. The molecule has 0 spiro atoms. The maximum Gasteiger partial charge on any atom is 0.343 e. The van der Waals surface area contributed by atoms with E-state index < -0.39 is 0 Å². The minimum atomic E-state index is -0.304. The van der Waals surface area contributed by atoms with E-state index in [-0.39, 0.29) is 5.97 Å². The minimum Gasteiger partial charge on any atom is -0.423 e. The maximum atomic E-state index is 12.1. The lowest BCUT2D eigenvalue weighted by Gasteiger charge is -2.09. The van der Waals surface area contributed by atoms with Crippen LogP contribution >= 0.6 is 0 Å². The summed E-state index contributed by atoms with van der Waals surface area (Å²) in [5, 5.41) is 0. The summed E-state index contributed by atoms with van der Waals surface area (Å²) >= 11 is 0. The van der Waals surface area contributed by atoms with Gasteiger partial charge >= 0.3 is 5.97 Å². The van der Waals surface area contributed by atoms with E-state index >= 15 is 0 Å². The van der Waals surface area contributed by atoms with Crippen LogP contribution in [0, 0.1) is 20.8 Å². The summed E-state index contributed by atoms with van der Waals surface area (Å²) in [6, 6.07) is 13.3. The van der Waals surface area contributed by atoms with Crippen LogP contribution < -0.4 is 4.74 Å². The number of rotatable bonds is 2. The summed E-state index contributed by atoms with van der Waals surface area (Å²) in [6.07, 6.45) is 0. The first-order valence-corrected chi connectivity index (χ1v) is 5.93. The fraction of sp³-hybridized carbons (Fsp3) is 0.188. The van der Waals surface area contributed by atoms with Crippen molar-refractivity contribution < 1.29 is 9.53 Å². The van der Waals surface area contributed by atoms with Gasteiger partial charge in [0.05, 0.1) is 5.56 Å². The summed E-state index contributed by atoms with van der Waals surface area (Å²) in [6.45, 7) is 5.81. The fourth-order valence-electron chi connectivity index (χ4n) is 1.77. The Morgan fingerprint density at radius 3 is 2.39 bits per heavy atom. The van der Waals surface area contributed by atoms with Gasteiger partial charge in [-0.05, 0) is 49.6 Å². The third-order valence-corrected chi connectivity index (χ3v) is 2.91. The highest BCUT2D eigenvalue weighted by atomic mass is 16.5. The van der Waals surface area contributed by atoms with Crippen LogP contribution in [0.4, 0.5) is 0 Å². The molecule has 2 heteroatoms. The van der Waals surface area contributed by atoms with Crippen LogP contribution in [0.3, 0.4) is 0 Å². The first kappa shape index (κ1) is 12.4. The van der Waals surface area contributed by atoms with Crippen LogP contribution in [-0.4, -0.2) is 5.97 Å². The summed E-state index contributed by atoms with van der Waals surface area (Å²) in [5.74, 6) is 0.324. The van der Waals surface area contributed by atoms with Crippen LogP contribution in [0.25, 0.3) is 0 Å². The third kappa shape index (κ3) is 2.59. The molecule has 92 valence electrons. The van der Waals surface area contributed by atoms with Gasteiger partial charge in [0.15, 0.2) is 0 Å². The molecule has 0 aliphatic carbocycles. The second kappa shape index (κ2) is 5.05. The van der Waals surface area contributed by atoms with Crippen LogP contribution in [0.2, 0.25) is 0 Å². The zero-order valence-corrected chi connectivity index (χ0v) is 10.9. The molecule has 0 radical (unpaired) electrons. The van der Waals surface area contributed by atoms with Crippen molar-refractivity contribution in [2.24, 2.45) is 0 Å². The van der Waals surface area contributed by atoms with Crippen molar-refractivity contribution in [1.82, 2.24) is 0 Å². The zero-order valence-electron chi connectivity index (χ0n) is 10.9. The molecule has 18 heavy (non-hydrogen) atoms. The number of carbonyl (C=O) groups is 1. The summed E-state index contributed by atoms with van der Waals surface area (Å²) in [5.41, 5.74) is 3.57. The predicted octanol–water partition coefficient (Wildman–Crippen LogP) is 3.83. The SMILES string of the molecule is Cc1ccc(C)c(OC(=O)c2ccccc2C)c1. The quantitative estimate of drug-likeness (QED) is 0.589. The Hall–Kier alpha value is -2.09. The topological polar surface area (TPSA) is 26.3 Å². The van der Waals surface area contributed by atoms with E-state index in [0.29, 0.717) is 11.3 Å². The van der Waals surface area contributed by atoms with Crippen LogP contribution in [0.15, 0.2) is 42.5 Å². The monoisotopic (exact) mass is 240 g/mol. The highest BCUT2D eigenvalue weighted by Crippen LogP contribution is 2.21. The van der Waals surface area contributed by atoms with E-state index in [9.17, 15) is 4.79 Å². The van der Waals surface area contributed by atoms with Gasteiger partial charge in [0.1, 0.15) is 5.75 Å². The van der Waals surface area contributed by atoms with Gasteiger partial charge in [0.25, 0.3) is 0 Å². The Balaban J connectivity index is 2.27. The number of carbonyl (C=O) groups excluding carboxylic acids is 1. The number of esters is 1. The number of hydrogen-bond donors (Lipinski definition) is 0. The van der Waals surface area contributed by atoms with Gasteiger partial charge in [-0.25, -0.2) is 4.79 Å². The minimum absolute atomic E-state index is 0.304. The van der Waals surface area contributed by atoms with Gasteiger partial charge in [-0.15, -0.1) is 0 Å². The average Bonchev–Trinajstić information content (AvgIpc) is 2.34. The molecule has 0 aromatic heterocycles. The van der Waals surface area contributed by atoms with E-state index in [2.05, 4.69) is 0 Å². The molecule has 0 amide bonds. The van der Waals surface area contributed by atoms with Crippen molar-refractivity contribution in [3.63, 3.8) is 0 Å². The molecule has 0 aliphatic rings. The van der Waals surface area contributed by atoms with E-state index in [1.54, 1.807) is 6.07 Å². The molecule has 0 saturated carbocycles. The lowest BCUT2D eigenvalue weighted by Crippen LogP contribution is -2.10. The fourth-order valence-corrected chi connectivity index (χ4v) is 1.77. The number of benzene rings is 2. The van der Waals surface area contributed by atoms with E-state index in [1.165, 1.54) is 0 Å². The lowest BCUT2D eigenvalue weighted by atomic mass is 10.1. The highest BCUT2D eigenvalue weighted by Gasteiger charge is 2.12. The molecule has 0 aliphatic heterocycles. The van der Waals surface area contributed by atoms with Gasteiger partial charge < -0.3 is 4.74 Å². The Morgan fingerprint density at radius 1 is 0.944 bits per heavy atom. The van der Waals surface area contributed by atoms with Crippen molar-refractivity contribution in [1.29, 1.82) is 0 Å². The van der Waals surface area contributed by atoms with Crippen LogP contribution in [0.1, 0.15) is 27.0 Å². The molecule has 0 N–H and O–H groups in total. The Morgan fingerprint density at radius 2 is 1.67 bits per heavy atom. The molecule has 2 aromatic carbocycles. The third-order valence-electron chi connectivity index (χ3n) is 2.91. The standard InChI is InChI=1S/C16H16O2/c1-11-8-9-13(3)15(10-11)18-16(17)14-7-5-4-6-12(14)2/h4-10H,1-3H3. The molecule has 0 bridgehead atoms. The predicted molar refractivity (Wildman–Crippen MR) is 72.1 cm³/mol. The van der Waals surface area contributed by atoms with E-state index in [1.807, 2.05) is 57.2 Å². The molecule has 0 atom stereocenters. The van der Waals surface area contributed by atoms with Gasteiger partial charge in [-0.1, -0.05) is 30.3 Å². The molecule has 2 nitrogen and oxygen atoms in total. The average molecular weight is 240 g/mol. The number of ether oxygens (including phenoxy) is 1. The Kier molecular flexibility index (Phi) is 3.47. The molecule has 0 saturated heterocycles. The van der Waals surface area contributed by atoms with Crippen molar-refractivity contribution in [2.45, 2.75) is 20.8 Å². The van der Waals surface area contributed by atoms with E-state index in [0.717, 1.165) is 16.7 Å². The molecule has 0 fully saturated rings. The van der Waals surface area contributed by atoms with Gasteiger partial charge in [-0.3, -0.25) is 0 Å². The molecular weight excluding hydrogens is 224 g/mol. The lowest BCUT2D eigenvalue weighted by molar-refractivity contribution is 0.0733. The Labute approximate surface area is 107 Å². The van der Waals surface area contributed by atoms with Crippen molar-refractivity contribution in [3.05, 3.63) is 64.7 Å². The van der Waals surface area contributed by atoms with E-state index in [4.69, 9.17) is 4.74 Å². The second-order valence-electron chi connectivity index (χ2n) is 4.47. The largest absolute Gasteiger partial charge is 0.423 e.